The van der Waals surface area contributed by atoms with Gasteiger partial charge in [-0.3, -0.25) is 4.79 Å². The summed E-state index contributed by atoms with van der Waals surface area (Å²) in [6.07, 6.45) is 1.97. The van der Waals surface area contributed by atoms with Crippen molar-refractivity contribution >= 4 is 17.5 Å². The second kappa shape index (κ2) is 7.24. The molecular formula is C15H19N3OS. The highest BCUT2D eigenvalue weighted by Crippen LogP contribution is 2.19. The Labute approximate surface area is 123 Å². The SMILES string of the molecule is CCCc1nnc(SCC(=O)c2ccccc2)n1CC. The summed E-state index contributed by atoms with van der Waals surface area (Å²) < 4.78 is 2.09. The average Bonchev–Trinajstić information content (AvgIpc) is 2.88. The zero-order chi connectivity index (χ0) is 14.4. The lowest BCUT2D eigenvalue weighted by Crippen LogP contribution is -2.06. The van der Waals surface area contributed by atoms with Crippen molar-refractivity contribution in [3.05, 3.63) is 41.7 Å². The van der Waals surface area contributed by atoms with Crippen LogP contribution in [0.15, 0.2) is 35.5 Å². The van der Waals surface area contributed by atoms with Gasteiger partial charge in [0, 0.05) is 18.5 Å². The van der Waals surface area contributed by atoms with Crippen LogP contribution in [-0.4, -0.2) is 26.3 Å². The average molecular weight is 289 g/mol. The maximum atomic E-state index is 12.1. The van der Waals surface area contributed by atoms with E-state index >= 15 is 0 Å². The van der Waals surface area contributed by atoms with Gasteiger partial charge in [-0.25, -0.2) is 0 Å². The molecule has 0 aliphatic rings. The van der Waals surface area contributed by atoms with Crippen molar-refractivity contribution in [3.63, 3.8) is 0 Å². The first-order chi connectivity index (χ1) is 9.76. The molecule has 1 aromatic carbocycles. The Kier molecular flexibility index (Phi) is 5.35. The van der Waals surface area contributed by atoms with E-state index in [4.69, 9.17) is 0 Å². The van der Waals surface area contributed by atoms with E-state index in [-0.39, 0.29) is 5.78 Å². The first-order valence-electron chi connectivity index (χ1n) is 6.89. The van der Waals surface area contributed by atoms with Crippen LogP contribution in [0, 0.1) is 0 Å². The molecule has 0 aliphatic heterocycles. The Balaban J connectivity index is 2.02. The maximum absolute atomic E-state index is 12.1. The standard InChI is InChI=1S/C15H19N3OS/c1-3-8-14-16-17-15(18(14)4-2)20-11-13(19)12-9-6-5-7-10-12/h5-7,9-10H,3-4,8,11H2,1-2H3. The Hall–Kier alpha value is -1.62. The molecule has 2 rings (SSSR count). The molecule has 0 aliphatic carbocycles. The molecule has 1 aromatic heterocycles. The van der Waals surface area contributed by atoms with Crippen LogP contribution >= 0.6 is 11.8 Å². The number of Topliss-reactive ketones (excluding diaryl/α,β-unsaturated/α-hetero) is 1. The van der Waals surface area contributed by atoms with Crippen LogP contribution in [0.5, 0.6) is 0 Å². The number of aromatic nitrogens is 3. The van der Waals surface area contributed by atoms with Crippen LogP contribution < -0.4 is 0 Å². The fraction of sp³-hybridized carbons (Fsp3) is 0.400. The topological polar surface area (TPSA) is 47.8 Å². The van der Waals surface area contributed by atoms with E-state index in [1.165, 1.54) is 11.8 Å². The van der Waals surface area contributed by atoms with Crippen LogP contribution in [0.4, 0.5) is 0 Å². The minimum Gasteiger partial charge on any atom is -0.306 e. The summed E-state index contributed by atoms with van der Waals surface area (Å²) in [5, 5.41) is 9.24. The molecule has 0 radical (unpaired) electrons. The number of nitrogens with zero attached hydrogens (tertiary/aromatic N) is 3. The minimum absolute atomic E-state index is 0.123. The first kappa shape index (κ1) is 14.8. The minimum atomic E-state index is 0.123. The third kappa shape index (κ3) is 3.48. The second-order valence-electron chi connectivity index (χ2n) is 4.47. The molecule has 0 saturated heterocycles. The molecule has 2 aromatic rings. The third-order valence-electron chi connectivity index (χ3n) is 3.01. The van der Waals surface area contributed by atoms with E-state index in [0.717, 1.165) is 35.9 Å². The van der Waals surface area contributed by atoms with Gasteiger partial charge in [0.15, 0.2) is 10.9 Å². The number of carbonyl (C=O) groups is 1. The largest absolute Gasteiger partial charge is 0.306 e. The normalized spacial score (nSPS) is 10.7. The van der Waals surface area contributed by atoms with E-state index in [1.54, 1.807) is 0 Å². The second-order valence-corrected chi connectivity index (χ2v) is 5.41. The zero-order valence-electron chi connectivity index (χ0n) is 11.9. The van der Waals surface area contributed by atoms with Crippen molar-refractivity contribution in [1.82, 2.24) is 14.8 Å². The van der Waals surface area contributed by atoms with Gasteiger partial charge >= 0.3 is 0 Å². The Bertz CT molecular complexity index is 566. The summed E-state index contributed by atoms with van der Waals surface area (Å²) in [7, 11) is 0. The van der Waals surface area contributed by atoms with E-state index in [9.17, 15) is 4.79 Å². The number of hydrogen-bond donors (Lipinski definition) is 0. The summed E-state index contributed by atoms with van der Waals surface area (Å²) >= 11 is 1.46. The molecule has 0 spiro atoms. The van der Waals surface area contributed by atoms with Gasteiger partial charge in [0.1, 0.15) is 5.82 Å². The third-order valence-corrected chi connectivity index (χ3v) is 3.98. The number of ketones is 1. The highest BCUT2D eigenvalue weighted by molar-refractivity contribution is 7.99. The molecule has 4 nitrogen and oxygen atoms in total. The predicted molar refractivity (Wildman–Crippen MR) is 81.2 cm³/mol. The molecule has 0 saturated carbocycles. The maximum Gasteiger partial charge on any atom is 0.191 e. The highest BCUT2D eigenvalue weighted by atomic mass is 32.2. The molecule has 0 N–H and O–H groups in total. The summed E-state index contributed by atoms with van der Waals surface area (Å²) in [6, 6.07) is 9.36. The lowest BCUT2D eigenvalue weighted by molar-refractivity contribution is 0.102. The van der Waals surface area contributed by atoms with Crippen LogP contribution in [0.1, 0.15) is 36.5 Å². The summed E-state index contributed by atoms with van der Waals surface area (Å²) in [5.41, 5.74) is 0.747. The number of hydrogen-bond acceptors (Lipinski definition) is 4. The van der Waals surface area contributed by atoms with Crippen LogP contribution in [0.2, 0.25) is 0 Å². The summed E-state index contributed by atoms with van der Waals surface area (Å²) in [4.78, 5) is 12.1. The molecule has 20 heavy (non-hydrogen) atoms. The smallest absolute Gasteiger partial charge is 0.191 e. The van der Waals surface area contributed by atoms with Gasteiger partial charge in [-0.1, -0.05) is 49.0 Å². The van der Waals surface area contributed by atoms with Crippen molar-refractivity contribution < 1.29 is 4.79 Å². The van der Waals surface area contributed by atoms with Crippen LogP contribution in [0.25, 0.3) is 0 Å². The van der Waals surface area contributed by atoms with Crippen molar-refractivity contribution in [2.75, 3.05) is 5.75 Å². The lowest BCUT2D eigenvalue weighted by Gasteiger charge is -2.06. The Morgan fingerprint density at radius 2 is 1.95 bits per heavy atom. The molecule has 0 amide bonds. The molecular weight excluding hydrogens is 270 g/mol. The van der Waals surface area contributed by atoms with Gasteiger partial charge in [-0.05, 0) is 13.3 Å². The van der Waals surface area contributed by atoms with E-state index < -0.39 is 0 Å². The molecule has 5 heteroatoms. The Morgan fingerprint density at radius 1 is 1.20 bits per heavy atom. The molecule has 1 heterocycles. The van der Waals surface area contributed by atoms with E-state index in [0.29, 0.717) is 5.75 Å². The van der Waals surface area contributed by atoms with Gasteiger partial charge in [-0.15, -0.1) is 10.2 Å². The van der Waals surface area contributed by atoms with Crippen molar-refractivity contribution in [2.45, 2.75) is 38.4 Å². The first-order valence-corrected chi connectivity index (χ1v) is 7.88. The monoisotopic (exact) mass is 289 g/mol. The molecule has 0 fully saturated rings. The van der Waals surface area contributed by atoms with Crippen molar-refractivity contribution in [1.29, 1.82) is 0 Å². The van der Waals surface area contributed by atoms with Gasteiger partial charge in [0.2, 0.25) is 0 Å². The fourth-order valence-corrected chi connectivity index (χ4v) is 2.91. The molecule has 0 atom stereocenters. The van der Waals surface area contributed by atoms with Gasteiger partial charge in [0.25, 0.3) is 0 Å². The number of carbonyl (C=O) groups excluding carboxylic acids is 1. The van der Waals surface area contributed by atoms with E-state index in [2.05, 4.69) is 28.6 Å². The highest BCUT2D eigenvalue weighted by Gasteiger charge is 2.13. The van der Waals surface area contributed by atoms with Crippen molar-refractivity contribution in [3.8, 4) is 0 Å². The number of rotatable bonds is 7. The van der Waals surface area contributed by atoms with Crippen molar-refractivity contribution in [2.24, 2.45) is 0 Å². The van der Waals surface area contributed by atoms with Crippen LogP contribution in [0.3, 0.4) is 0 Å². The van der Waals surface area contributed by atoms with Crippen LogP contribution in [-0.2, 0) is 13.0 Å². The Morgan fingerprint density at radius 3 is 2.60 bits per heavy atom. The van der Waals surface area contributed by atoms with Gasteiger partial charge in [-0.2, -0.15) is 0 Å². The lowest BCUT2D eigenvalue weighted by atomic mass is 10.2. The van der Waals surface area contributed by atoms with Gasteiger partial charge < -0.3 is 4.57 Å². The molecule has 106 valence electrons. The molecule has 0 bridgehead atoms. The van der Waals surface area contributed by atoms with Gasteiger partial charge in [0.05, 0.1) is 5.75 Å². The van der Waals surface area contributed by atoms with E-state index in [1.807, 2.05) is 30.3 Å². The predicted octanol–water partition coefficient (Wildman–Crippen LogP) is 3.23. The quantitative estimate of drug-likeness (QED) is 0.580. The number of benzene rings is 1. The number of thioether (sulfide) groups is 1. The molecule has 0 unspecified atom stereocenters. The number of aryl methyl sites for hydroxylation is 1. The fourth-order valence-electron chi connectivity index (χ4n) is 1.99. The summed E-state index contributed by atoms with van der Waals surface area (Å²) in [6.45, 7) is 5.04. The zero-order valence-corrected chi connectivity index (χ0v) is 12.7. The summed E-state index contributed by atoms with van der Waals surface area (Å²) in [5.74, 6) is 1.52.